The Morgan fingerprint density at radius 2 is 1.72 bits per heavy atom. The van der Waals surface area contributed by atoms with Crippen LogP contribution in [0.1, 0.15) is 78.1 Å². The first-order valence-corrected chi connectivity index (χ1v) is 12.7. The van der Waals surface area contributed by atoms with Gasteiger partial charge < -0.3 is 20.6 Å². The maximum atomic E-state index is 10.2. The molecule has 3 rings (SSSR count). The van der Waals surface area contributed by atoms with E-state index in [9.17, 15) is 5.11 Å². The molecule has 0 unspecified atom stereocenters. The molecular weight excluding hydrogens is 448 g/mol. The fraction of sp³-hybridized carbons (Fsp3) is 0.467. The molecule has 2 heterocycles. The molecule has 0 bridgehead atoms. The minimum Gasteiger partial charge on any atom is -0.512 e. The van der Waals surface area contributed by atoms with Gasteiger partial charge in [-0.3, -0.25) is 4.40 Å². The van der Waals surface area contributed by atoms with E-state index in [2.05, 4.69) is 56.5 Å². The SMILES string of the molecule is COc1ccc(CCCc2nc3cc(/C(C(C)=N)=C(\C)O)ccn3c2NC(C)(C)CC(C)(C)C)cc1. The second-order valence-corrected chi connectivity index (χ2v) is 11.6. The van der Waals surface area contributed by atoms with Crippen molar-refractivity contribution >= 4 is 22.7 Å². The number of hydrogen-bond donors (Lipinski definition) is 3. The molecule has 0 fully saturated rings. The predicted octanol–water partition coefficient (Wildman–Crippen LogP) is 7.47. The molecule has 0 amide bonds. The summed E-state index contributed by atoms with van der Waals surface area (Å²) < 4.78 is 7.37. The number of aliphatic hydroxyl groups is 1. The second kappa shape index (κ2) is 10.8. The number of nitrogens with zero attached hydrogens (tertiary/aromatic N) is 2. The molecule has 6 nitrogen and oxygen atoms in total. The van der Waals surface area contributed by atoms with Crippen molar-refractivity contribution < 1.29 is 9.84 Å². The average Bonchev–Trinajstić information content (AvgIpc) is 3.08. The van der Waals surface area contributed by atoms with Crippen molar-refractivity contribution in [3.8, 4) is 5.75 Å². The first-order valence-electron chi connectivity index (χ1n) is 12.7. The topological polar surface area (TPSA) is 82.6 Å². The minimum atomic E-state index is -0.129. The highest BCUT2D eigenvalue weighted by Crippen LogP contribution is 2.32. The number of methoxy groups -OCH3 is 1. The first kappa shape index (κ1) is 27.3. The van der Waals surface area contributed by atoms with Gasteiger partial charge in [-0.25, -0.2) is 4.98 Å². The third-order valence-corrected chi connectivity index (χ3v) is 6.19. The molecule has 0 spiro atoms. The van der Waals surface area contributed by atoms with Gasteiger partial charge in [0.1, 0.15) is 17.2 Å². The number of aliphatic hydroxyl groups excluding tert-OH is 1. The molecule has 0 saturated carbocycles. The number of fused-ring (bicyclic) bond motifs is 1. The largest absolute Gasteiger partial charge is 0.512 e. The zero-order valence-corrected chi connectivity index (χ0v) is 23.1. The molecule has 1 aromatic carbocycles. The van der Waals surface area contributed by atoms with Crippen LogP contribution in [-0.4, -0.2) is 32.9 Å². The van der Waals surface area contributed by atoms with Crippen molar-refractivity contribution in [1.82, 2.24) is 9.38 Å². The zero-order valence-electron chi connectivity index (χ0n) is 23.1. The van der Waals surface area contributed by atoms with Crippen molar-refractivity contribution in [3.05, 3.63) is 65.2 Å². The number of benzene rings is 1. The van der Waals surface area contributed by atoms with Crippen LogP contribution in [0.15, 0.2) is 48.4 Å². The maximum Gasteiger partial charge on any atom is 0.139 e. The van der Waals surface area contributed by atoms with Crippen LogP contribution in [0, 0.1) is 10.8 Å². The molecule has 0 atom stereocenters. The van der Waals surface area contributed by atoms with Crippen LogP contribution in [0.3, 0.4) is 0 Å². The number of nitrogens with one attached hydrogen (secondary N) is 2. The summed E-state index contributed by atoms with van der Waals surface area (Å²) >= 11 is 0. The number of aryl methyl sites for hydroxylation is 2. The Morgan fingerprint density at radius 1 is 1.06 bits per heavy atom. The lowest BCUT2D eigenvalue weighted by atomic mass is 9.82. The predicted molar refractivity (Wildman–Crippen MR) is 151 cm³/mol. The summed E-state index contributed by atoms with van der Waals surface area (Å²) in [5.41, 5.74) is 4.83. The highest BCUT2D eigenvalue weighted by molar-refractivity contribution is 6.21. The van der Waals surface area contributed by atoms with Crippen LogP contribution in [0.25, 0.3) is 11.2 Å². The van der Waals surface area contributed by atoms with E-state index < -0.39 is 0 Å². The summed E-state index contributed by atoms with van der Waals surface area (Å²) in [6, 6.07) is 12.1. The van der Waals surface area contributed by atoms with E-state index in [1.54, 1.807) is 21.0 Å². The Bertz CT molecular complexity index is 1240. The molecule has 194 valence electrons. The third kappa shape index (κ3) is 6.90. The van der Waals surface area contributed by atoms with E-state index in [1.807, 2.05) is 30.5 Å². The zero-order chi connectivity index (χ0) is 26.7. The molecule has 2 aromatic heterocycles. The van der Waals surface area contributed by atoms with Crippen LogP contribution in [0.5, 0.6) is 5.75 Å². The second-order valence-electron chi connectivity index (χ2n) is 11.6. The summed E-state index contributed by atoms with van der Waals surface area (Å²) in [6.45, 7) is 14.6. The van der Waals surface area contributed by atoms with Gasteiger partial charge >= 0.3 is 0 Å². The quantitative estimate of drug-likeness (QED) is 0.203. The Balaban J connectivity index is 1.96. The van der Waals surface area contributed by atoms with E-state index in [4.69, 9.17) is 15.1 Å². The van der Waals surface area contributed by atoms with Crippen LogP contribution < -0.4 is 10.1 Å². The van der Waals surface area contributed by atoms with Gasteiger partial charge in [0.05, 0.1) is 18.6 Å². The molecule has 3 N–H and O–H groups in total. The van der Waals surface area contributed by atoms with Crippen molar-refractivity contribution in [3.63, 3.8) is 0 Å². The van der Waals surface area contributed by atoms with Crippen LogP contribution in [-0.2, 0) is 12.8 Å². The molecule has 0 aliphatic carbocycles. The van der Waals surface area contributed by atoms with E-state index in [1.165, 1.54) is 5.56 Å². The van der Waals surface area contributed by atoms with E-state index in [0.717, 1.165) is 54.2 Å². The number of hydrogen-bond acceptors (Lipinski definition) is 5. The standard InChI is InChI=1S/C30H42N4O2/c1-20(31)27(21(2)35)23-16-17-34-26(18-23)32-25(28(34)33-30(6,7)19-29(3,4)5)11-9-10-22-12-14-24(36-8)15-13-22/h12-18,31,33,35H,9-11,19H2,1-8H3/b27-21+,31-20?. The number of rotatable bonds is 10. The minimum absolute atomic E-state index is 0.129. The lowest BCUT2D eigenvalue weighted by Gasteiger charge is -2.34. The van der Waals surface area contributed by atoms with Gasteiger partial charge in [0.25, 0.3) is 0 Å². The molecule has 0 aliphatic heterocycles. The molecule has 0 saturated heterocycles. The van der Waals surface area contributed by atoms with E-state index in [-0.39, 0.29) is 16.7 Å². The van der Waals surface area contributed by atoms with Crippen LogP contribution >= 0.6 is 0 Å². The summed E-state index contributed by atoms with van der Waals surface area (Å²) in [5, 5.41) is 22.1. The maximum absolute atomic E-state index is 10.2. The Labute approximate surface area is 215 Å². The van der Waals surface area contributed by atoms with Gasteiger partial charge in [0.15, 0.2) is 0 Å². The molecule has 0 radical (unpaired) electrons. The summed E-state index contributed by atoms with van der Waals surface area (Å²) in [5.74, 6) is 2.02. The fourth-order valence-electron chi connectivity index (χ4n) is 5.20. The molecule has 6 heteroatoms. The van der Waals surface area contributed by atoms with Crippen molar-refractivity contribution in [2.75, 3.05) is 12.4 Å². The molecule has 36 heavy (non-hydrogen) atoms. The van der Waals surface area contributed by atoms with Crippen molar-refractivity contribution in [2.45, 2.75) is 79.7 Å². The Hall–Kier alpha value is -3.28. The highest BCUT2D eigenvalue weighted by Gasteiger charge is 2.27. The van der Waals surface area contributed by atoms with Gasteiger partial charge in [-0.2, -0.15) is 0 Å². The van der Waals surface area contributed by atoms with Crippen molar-refractivity contribution in [2.24, 2.45) is 5.41 Å². The number of anilines is 1. The Morgan fingerprint density at radius 3 is 2.28 bits per heavy atom. The van der Waals surface area contributed by atoms with Gasteiger partial charge in [-0.05, 0) is 94.2 Å². The fourth-order valence-corrected chi connectivity index (χ4v) is 5.20. The summed E-state index contributed by atoms with van der Waals surface area (Å²) in [6.07, 6.45) is 5.75. The summed E-state index contributed by atoms with van der Waals surface area (Å²) in [4.78, 5) is 5.02. The van der Waals surface area contributed by atoms with Gasteiger partial charge in [0.2, 0.25) is 0 Å². The van der Waals surface area contributed by atoms with Crippen LogP contribution in [0.2, 0.25) is 0 Å². The number of aromatic nitrogens is 2. The monoisotopic (exact) mass is 490 g/mol. The lowest BCUT2D eigenvalue weighted by Crippen LogP contribution is -2.36. The number of pyridine rings is 1. The smallest absolute Gasteiger partial charge is 0.139 e. The highest BCUT2D eigenvalue weighted by atomic mass is 16.5. The number of imidazole rings is 1. The van der Waals surface area contributed by atoms with Gasteiger partial charge in [0, 0.05) is 23.0 Å². The number of allylic oxidation sites excluding steroid dienone is 2. The lowest BCUT2D eigenvalue weighted by molar-refractivity contribution is 0.301. The first-order chi connectivity index (χ1) is 16.8. The normalized spacial score (nSPS) is 13.0. The van der Waals surface area contributed by atoms with Gasteiger partial charge in [-0.15, -0.1) is 0 Å². The molecule has 0 aliphatic rings. The van der Waals surface area contributed by atoms with Gasteiger partial charge in [-0.1, -0.05) is 32.9 Å². The van der Waals surface area contributed by atoms with E-state index >= 15 is 0 Å². The molecular formula is C30H42N4O2. The Kier molecular flexibility index (Phi) is 8.17. The van der Waals surface area contributed by atoms with Crippen LogP contribution in [0.4, 0.5) is 5.82 Å². The third-order valence-electron chi connectivity index (χ3n) is 6.19. The average molecular weight is 491 g/mol. The number of ether oxygens (including phenoxy) is 1. The van der Waals surface area contributed by atoms with E-state index in [0.29, 0.717) is 11.3 Å². The van der Waals surface area contributed by atoms with Crippen molar-refractivity contribution in [1.29, 1.82) is 5.41 Å². The molecule has 3 aromatic rings. The summed E-state index contributed by atoms with van der Waals surface area (Å²) in [7, 11) is 1.68.